The lowest BCUT2D eigenvalue weighted by Crippen LogP contribution is -2.43. The Labute approximate surface area is 96.0 Å². The SMILES string of the molecule is OC1CC(C2=CCC(F)C=C2)CC2CCC12. The summed E-state index contributed by atoms with van der Waals surface area (Å²) in [4.78, 5) is 0. The van der Waals surface area contributed by atoms with E-state index in [4.69, 9.17) is 0 Å². The third-order valence-electron chi connectivity index (χ3n) is 4.63. The van der Waals surface area contributed by atoms with Crippen molar-refractivity contribution < 1.29 is 9.50 Å². The van der Waals surface area contributed by atoms with Crippen LogP contribution in [0.2, 0.25) is 0 Å². The van der Waals surface area contributed by atoms with Gasteiger partial charge in [0, 0.05) is 6.42 Å². The number of hydrogen-bond donors (Lipinski definition) is 1. The van der Waals surface area contributed by atoms with Crippen molar-refractivity contribution in [2.75, 3.05) is 0 Å². The third-order valence-corrected chi connectivity index (χ3v) is 4.63. The van der Waals surface area contributed by atoms with Crippen molar-refractivity contribution in [3.05, 3.63) is 23.8 Å². The molecule has 0 heterocycles. The molecule has 0 aromatic rings. The molecule has 0 aliphatic heterocycles. The highest BCUT2D eigenvalue weighted by Gasteiger charge is 2.42. The molecular formula is C14H19FO. The Hall–Kier alpha value is -0.630. The first-order chi connectivity index (χ1) is 7.74. The molecule has 3 aliphatic carbocycles. The van der Waals surface area contributed by atoms with E-state index < -0.39 is 6.17 Å². The maximum Gasteiger partial charge on any atom is 0.122 e. The van der Waals surface area contributed by atoms with E-state index in [1.54, 1.807) is 6.08 Å². The van der Waals surface area contributed by atoms with Crippen molar-refractivity contribution in [3.8, 4) is 0 Å². The van der Waals surface area contributed by atoms with E-state index >= 15 is 0 Å². The average molecular weight is 222 g/mol. The van der Waals surface area contributed by atoms with Crippen molar-refractivity contribution in [3.63, 3.8) is 0 Å². The van der Waals surface area contributed by atoms with Gasteiger partial charge in [0.2, 0.25) is 0 Å². The fourth-order valence-corrected chi connectivity index (χ4v) is 3.51. The van der Waals surface area contributed by atoms with Crippen LogP contribution in [0.3, 0.4) is 0 Å². The average Bonchev–Trinajstić information content (AvgIpc) is 2.22. The lowest BCUT2D eigenvalue weighted by Gasteiger charge is -2.47. The van der Waals surface area contributed by atoms with E-state index in [9.17, 15) is 9.50 Å². The van der Waals surface area contributed by atoms with Crippen LogP contribution in [0.4, 0.5) is 4.39 Å². The first-order valence-corrected chi connectivity index (χ1v) is 6.44. The molecule has 0 amide bonds. The van der Waals surface area contributed by atoms with Gasteiger partial charge in [0.05, 0.1) is 6.10 Å². The van der Waals surface area contributed by atoms with Crippen LogP contribution in [0, 0.1) is 17.8 Å². The highest BCUT2D eigenvalue weighted by Crippen LogP contribution is 2.49. The fourth-order valence-electron chi connectivity index (χ4n) is 3.51. The second kappa shape index (κ2) is 3.99. The Morgan fingerprint density at radius 2 is 2.12 bits per heavy atom. The van der Waals surface area contributed by atoms with Crippen molar-refractivity contribution in [2.24, 2.45) is 17.8 Å². The lowest BCUT2D eigenvalue weighted by molar-refractivity contribution is -0.0396. The van der Waals surface area contributed by atoms with Crippen LogP contribution in [0.15, 0.2) is 23.8 Å². The van der Waals surface area contributed by atoms with E-state index in [2.05, 4.69) is 0 Å². The second-order valence-electron chi connectivity index (χ2n) is 5.55. The molecule has 3 aliphatic rings. The quantitative estimate of drug-likeness (QED) is 0.723. The standard InChI is InChI=1S/C14H19FO/c15-12-4-1-9(2-5-12)11-7-10-3-6-13(10)14(16)8-11/h1-2,4,10-14,16H,3,5-8H2. The smallest absolute Gasteiger partial charge is 0.122 e. The maximum atomic E-state index is 13.0. The number of allylic oxidation sites excluding steroid dienone is 4. The first-order valence-electron chi connectivity index (χ1n) is 6.44. The molecule has 0 aromatic heterocycles. The van der Waals surface area contributed by atoms with E-state index in [1.165, 1.54) is 24.8 Å². The van der Waals surface area contributed by atoms with Gasteiger partial charge in [-0.1, -0.05) is 18.2 Å². The summed E-state index contributed by atoms with van der Waals surface area (Å²) in [6.07, 6.45) is 9.81. The zero-order valence-electron chi connectivity index (χ0n) is 9.48. The second-order valence-corrected chi connectivity index (χ2v) is 5.55. The molecule has 2 saturated carbocycles. The molecule has 0 radical (unpaired) electrons. The lowest BCUT2D eigenvalue weighted by atomic mass is 9.60. The number of aliphatic hydroxyl groups is 1. The summed E-state index contributed by atoms with van der Waals surface area (Å²) < 4.78 is 13.0. The third kappa shape index (κ3) is 1.73. The van der Waals surface area contributed by atoms with E-state index in [-0.39, 0.29) is 6.10 Å². The monoisotopic (exact) mass is 222 g/mol. The molecule has 0 aromatic carbocycles. The van der Waals surface area contributed by atoms with Crippen LogP contribution < -0.4 is 0 Å². The summed E-state index contributed by atoms with van der Waals surface area (Å²) in [6.45, 7) is 0. The van der Waals surface area contributed by atoms with Gasteiger partial charge in [-0.15, -0.1) is 0 Å². The number of halogens is 1. The molecule has 3 rings (SSSR count). The highest BCUT2D eigenvalue weighted by molar-refractivity contribution is 5.28. The minimum Gasteiger partial charge on any atom is -0.393 e. The largest absolute Gasteiger partial charge is 0.393 e. The molecule has 0 bridgehead atoms. The summed E-state index contributed by atoms with van der Waals surface area (Å²) >= 11 is 0. The number of rotatable bonds is 1. The summed E-state index contributed by atoms with van der Waals surface area (Å²) in [6, 6.07) is 0. The Balaban J connectivity index is 1.69. The Morgan fingerprint density at radius 1 is 1.25 bits per heavy atom. The van der Waals surface area contributed by atoms with E-state index in [0.29, 0.717) is 18.3 Å². The van der Waals surface area contributed by atoms with Crippen molar-refractivity contribution in [1.29, 1.82) is 0 Å². The van der Waals surface area contributed by atoms with Crippen molar-refractivity contribution in [2.45, 2.75) is 44.4 Å². The van der Waals surface area contributed by atoms with Crippen LogP contribution in [-0.4, -0.2) is 17.4 Å². The van der Waals surface area contributed by atoms with Crippen LogP contribution >= 0.6 is 0 Å². The zero-order chi connectivity index (χ0) is 11.1. The van der Waals surface area contributed by atoms with Crippen molar-refractivity contribution in [1.82, 2.24) is 0 Å². The van der Waals surface area contributed by atoms with Gasteiger partial charge in [0.1, 0.15) is 6.17 Å². The zero-order valence-corrected chi connectivity index (χ0v) is 9.48. The Kier molecular flexibility index (Phi) is 2.62. The summed E-state index contributed by atoms with van der Waals surface area (Å²) in [7, 11) is 0. The molecule has 1 nitrogen and oxygen atoms in total. The number of hydrogen-bond acceptors (Lipinski definition) is 1. The van der Waals surface area contributed by atoms with Gasteiger partial charge in [0.15, 0.2) is 0 Å². The Bertz CT molecular complexity index is 326. The summed E-state index contributed by atoms with van der Waals surface area (Å²) in [5.74, 6) is 1.77. The molecule has 0 saturated heterocycles. The highest BCUT2D eigenvalue weighted by atomic mass is 19.1. The summed E-state index contributed by atoms with van der Waals surface area (Å²) in [5.41, 5.74) is 1.26. The topological polar surface area (TPSA) is 20.2 Å². The number of fused-ring (bicyclic) bond motifs is 1. The van der Waals surface area contributed by atoms with Gasteiger partial charge >= 0.3 is 0 Å². The predicted octanol–water partition coefficient (Wildman–Crippen LogP) is 3.01. The van der Waals surface area contributed by atoms with Gasteiger partial charge in [-0.3, -0.25) is 0 Å². The predicted molar refractivity (Wildman–Crippen MR) is 61.7 cm³/mol. The van der Waals surface area contributed by atoms with Crippen LogP contribution in [0.25, 0.3) is 0 Å². The maximum absolute atomic E-state index is 13.0. The van der Waals surface area contributed by atoms with Gasteiger partial charge in [0.25, 0.3) is 0 Å². The summed E-state index contributed by atoms with van der Waals surface area (Å²) in [5, 5.41) is 10.0. The molecule has 2 heteroatoms. The fraction of sp³-hybridized carbons (Fsp3) is 0.714. The normalized spacial score (nSPS) is 46.9. The minimum absolute atomic E-state index is 0.116. The molecule has 5 unspecified atom stereocenters. The molecule has 2 fully saturated rings. The number of aliphatic hydroxyl groups excluding tert-OH is 1. The van der Waals surface area contributed by atoms with Crippen LogP contribution in [0.5, 0.6) is 0 Å². The van der Waals surface area contributed by atoms with Gasteiger partial charge in [-0.2, -0.15) is 0 Å². The molecule has 88 valence electrons. The van der Waals surface area contributed by atoms with E-state index in [0.717, 1.165) is 12.3 Å². The Morgan fingerprint density at radius 3 is 2.69 bits per heavy atom. The minimum atomic E-state index is -0.797. The molecule has 0 spiro atoms. The molecule has 16 heavy (non-hydrogen) atoms. The molecule has 1 N–H and O–H groups in total. The van der Waals surface area contributed by atoms with Gasteiger partial charge in [-0.05, 0) is 49.0 Å². The molecular weight excluding hydrogens is 203 g/mol. The van der Waals surface area contributed by atoms with Crippen LogP contribution in [-0.2, 0) is 0 Å². The van der Waals surface area contributed by atoms with E-state index in [1.807, 2.05) is 12.2 Å². The number of alkyl halides is 1. The van der Waals surface area contributed by atoms with Crippen molar-refractivity contribution >= 4 is 0 Å². The van der Waals surface area contributed by atoms with Crippen LogP contribution in [0.1, 0.15) is 32.1 Å². The first kappa shape index (κ1) is 10.5. The van der Waals surface area contributed by atoms with Gasteiger partial charge in [-0.25, -0.2) is 4.39 Å². The van der Waals surface area contributed by atoms with Gasteiger partial charge < -0.3 is 5.11 Å². The molecule has 5 atom stereocenters.